The Labute approximate surface area is 127 Å². The molecule has 20 heavy (non-hydrogen) atoms. The van der Waals surface area contributed by atoms with E-state index in [9.17, 15) is 8.42 Å². The average molecular weight is 356 g/mol. The quantitative estimate of drug-likeness (QED) is 0.894. The van der Waals surface area contributed by atoms with Crippen molar-refractivity contribution < 1.29 is 13.2 Å². The molecule has 0 spiro atoms. The number of methoxy groups -OCH3 is 1. The van der Waals surface area contributed by atoms with Gasteiger partial charge >= 0.3 is 0 Å². The predicted molar refractivity (Wildman–Crippen MR) is 82.1 cm³/mol. The molecule has 2 aromatic rings. The molecule has 0 bridgehead atoms. The standard InChI is InChI=1S/C14H14BrNO3S/c1-19-10-11-4-2-3-5-14(11)16-20(17,18)13-8-6-12(15)7-9-13/h2-9,16H,10H2,1H3. The molecule has 1 N–H and O–H groups in total. The van der Waals surface area contributed by atoms with Gasteiger partial charge in [0.1, 0.15) is 0 Å². The minimum Gasteiger partial charge on any atom is -0.380 e. The summed E-state index contributed by atoms with van der Waals surface area (Å²) in [5.74, 6) is 0. The van der Waals surface area contributed by atoms with E-state index >= 15 is 0 Å². The van der Waals surface area contributed by atoms with Crippen LogP contribution in [0.4, 0.5) is 5.69 Å². The molecular weight excluding hydrogens is 342 g/mol. The summed E-state index contributed by atoms with van der Waals surface area (Å²) >= 11 is 3.28. The Kier molecular flexibility index (Phi) is 4.80. The van der Waals surface area contributed by atoms with Gasteiger partial charge in [0.05, 0.1) is 17.2 Å². The van der Waals surface area contributed by atoms with E-state index in [0.29, 0.717) is 12.3 Å². The fourth-order valence-electron chi connectivity index (χ4n) is 1.72. The second-order valence-electron chi connectivity index (χ2n) is 4.15. The van der Waals surface area contributed by atoms with Crippen LogP contribution in [0, 0.1) is 0 Å². The number of para-hydroxylation sites is 1. The van der Waals surface area contributed by atoms with Crippen molar-refractivity contribution in [2.45, 2.75) is 11.5 Å². The maximum atomic E-state index is 12.3. The highest BCUT2D eigenvalue weighted by Crippen LogP contribution is 2.21. The van der Waals surface area contributed by atoms with Crippen molar-refractivity contribution in [2.75, 3.05) is 11.8 Å². The van der Waals surface area contributed by atoms with Gasteiger partial charge < -0.3 is 4.74 Å². The summed E-state index contributed by atoms with van der Waals surface area (Å²) in [5, 5.41) is 0. The Morgan fingerprint density at radius 3 is 2.40 bits per heavy atom. The van der Waals surface area contributed by atoms with Gasteiger partial charge in [-0.05, 0) is 30.3 Å². The lowest BCUT2D eigenvalue weighted by Gasteiger charge is -2.12. The van der Waals surface area contributed by atoms with Gasteiger partial charge in [0.15, 0.2) is 0 Å². The number of nitrogens with one attached hydrogen (secondary N) is 1. The second kappa shape index (κ2) is 6.39. The van der Waals surface area contributed by atoms with Crippen molar-refractivity contribution in [3.8, 4) is 0 Å². The maximum Gasteiger partial charge on any atom is 0.261 e. The number of sulfonamides is 1. The summed E-state index contributed by atoms with van der Waals surface area (Å²) < 4.78 is 33.1. The highest BCUT2D eigenvalue weighted by atomic mass is 79.9. The summed E-state index contributed by atoms with van der Waals surface area (Å²) in [6.07, 6.45) is 0. The zero-order valence-corrected chi connectivity index (χ0v) is 13.2. The largest absolute Gasteiger partial charge is 0.380 e. The Morgan fingerprint density at radius 1 is 1.10 bits per heavy atom. The van der Waals surface area contributed by atoms with Crippen molar-refractivity contribution in [1.82, 2.24) is 0 Å². The first kappa shape index (κ1) is 15.0. The molecule has 0 aliphatic heterocycles. The monoisotopic (exact) mass is 355 g/mol. The molecular formula is C14H14BrNO3S. The summed E-state index contributed by atoms with van der Waals surface area (Å²) in [4.78, 5) is 0.216. The Balaban J connectivity index is 2.31. The Morgan fingerprint density at radius 2 is 1.75 bits per heavy atom. The molecule has 0 fully saturated rings. The second-order valence-corrected chi connectivity index (χ2v) is 6.75. The van der Waals surface area contributed by atoms with E-state index in [1.165, 1.54) is 0 Å². The predicted octanol–water partition coefficient (Wildman–Crippen LogP) is 3.40. The van der Waals surface area contributed by atoms with Crippen LogP contribution in [-0.2, 0) is 21.4 Å². The molecule has 2 aromatic carbocycles. The van der Waals surface area contributed by atoms with Crippen LogP contribution in [-0.4, -0.2) is 15.5 Å². The van der Waals surface area contributed by atoms with E-state index in [4.69, 9.17) is 4.74 Å². The molecule has 0 aliphatic carbocycles. The number of halogens is 1. The molecule has 0 atom stereocenters. The topological polar surface area (TPSA) is 55.4 Å². The molecule has 0 amide bonds. The highest BCUT2D eigenvalue weighted by Gasteiger charge is 2.15. The van der Waals surface area contributed by atoms with Crippen molar-refractivity contribution in [3.05, 3.63) is 58.6 Å². The normalized spacial score (nSPS) is 11.3. The fraction of sp³-hybridized carbons (Fsp3) is 0.143. The van der Waals surface area contributed by atoms with E-state index in [0.717, 1.165) is 10.0 Å². The Hall–Kier alpha value is -1.37. The minimum atomic E-state index is -3.60. The highest BCUT2D eigenvalue weighted by molar-refractivity contribution is 9.10. The van der Waals surface area contributed by atoms with E-state index in [2.05, 4.69) is 20.7 Å². The van der Waals surface area contributed by atoms with Gasteiger partial charge in [0, 0.05) is 17.1 Å². The zero-order chi connectivity index (χ0) is 14.6. The van der Waals surface area contributed by atoms with Crippen molar-refractivity contribution in [2.24, 2.45) is 0 Å². The van der Waals surface area contributed by atoms with Gasteiger partial charge in [0.2, 0.25) is 0 Å². The summed E-state index contributed by atoms with van der Waals surface area (Å²) in [5.41, 5.74) is 1.31. The van der Waals surface area contributed by atoms with E-state index in [1.54, 1.807) is 43.5 Å². The van der Waals surface area contributed by atoms with E-state index in [-0.39, 0.29) is 4.90 Å². The van der Waals surface area contributed by atoms with Gasteiger partial charge in [-0.2, -0.15) is 0 Å². The minimum absolute atomic E-state index is 0.216. The van der Waals surface area contributed by atoms with Crippen molar-refractivity contribution in [3.63, 3.8) is 0 Å². The van der Waals surface area contributed by atoms with Crippen LogP contribution in [0.15, 0.2) is 57.9 Å². The third-order valence-electron chi connectivity index (χ3n) is 2.69. The van der Waals surface area contributed by atoms with Gasteiger partial charge in [-0.25, -0.2) is 8.42 Å². The number of anilines is 1. The lowest BCUT2D eigenvalue weighted by atomic mass is 10.2. The first-order valence-electron chi connectivity index (χ1n) is 5.88. The first-order chi connectivity index (χ1) is 9.53. The van der Waals surface area contributed by atoms with Crippen LogP contribution >= 0.6 is 15.9 Å². The number of ether oxygens (including phenoxy) is 1. The van der Waals surface area contributed by atoms with E-state index < -0.39 is 10.0 Å². The van der Waals surface area contributed by atoms with Crippen LogP contribution in [0.5, 0.6) is 0 Å². The smallest absolute Gasteiger partial charge is 0.261 e. The fourth-order valence-corrected chi connectivity index (χ4v) is 3.08. The van der Waals surface area contributed by atoms with E-state index in [1.807, 2.05) is 12.1 Å². The molecule has 4 nitrogen and oxygen atoms in total. The number of benzene rings is 2. The summed E-state index contributed by atoms with van der Waals surface area (Å²) in [7, 11) is -2.03. The Bertz CT molecular complexity index is 684. The lowest BCUT2D eigenvalue weighted by Crippen LogP contribution is -2.14. The molecule has 0 saturated heterocycles. The molecule has 0 heterocycles. The summed E-state index contributed by atoms with van der Waals surface area (Å²) in [6, 6.07) is 13.6. The zero-order valence-electron chi connectivity index (χ0n) is 10.8. The lowest BCUT2D eigenvalue weighted by molar-refractivity contribution is 0.185. The third-order valence-corrected chi connectivity index (χ3v) is 4.60. The van der Waals surface area contributed by atoms with Gasteiger partial charge in [-0.3, -0.25) is 4.72 Å². The molecule has 0 saturated carbocycles. The van der Waals surface area contributed by atoms with Gasteiger partial charge in [-0.1, -0.05) is 34.1 Å². The van der Waals surface area contributed by atoms with Gasteiger partial charge in [-0.15, -0.1) is 0 Å². The number of rotatable bonds is 5. The van der Waals surface area contributed by atoms with Crippen LogP contribution in [0.25, 0.3) is 0 Å². The number of hydrogen-bond acceptors (Lipinski definition) is 3. The van der Waals surface area contributed by atoms with Crippen LogP contribution < -0.4 is 4.72 Å². The molecule has 0 radical (unpaired) electrons. The van der Waals surface area contributed by atoms with Crippen LogP contribution in [0.2, 0.25) is 0 Å². The first-order valence-corrected chi connectivity index (χ1v) is 8.16. The SMILES string of the molecule is COCc1ccccc1NS(=O)(=O)c1ccc(Br)cc1. The van der Waals surface area contributed by atoms with Crippen molar-refractivity contribution >= 4 is 31.6 Å². The molecule has 2 rings (SSSR count). The van der Waals surface area contributed by atoms with Crippen LogP contribution in [0.3, 0.4) is 0 Å². The molecule has 6 heteroatoms. The molecule has 0 unspecified atom stereocenters. The van der Waals surface area contributed by atoms with Gasteiger partial charge in [0.25, 0.3) is 10.0 Å². The third kappa shape index (κ3) is 3.59. The number of hydrogen-bond donors (Lipinski definition) is 1. The molecule has 0 aromatic heterocycles. The molecule has 106 valence electrons. The summed E-state index contributed by atoms with van der Waals surface area (Å²) in [6.45, 7) is 0.346. The molecule has 0 aliphatic rings. The maximum absolute atomic E-state index is 12.3. The average Bonchev–Trinajstić information content (AvgIpc) is 2.41. The van der Waals surface area contributed by atoms with Crippen LogP contribution in [0.1, 0.15) is 5.56 Å². The van der Waals surface area contributed by atoms with Crippen molar-refractivity contribution in [1.29, 1.82) is 0 Å².